The third-order valence-electron chi connectivity index (χ3n) is 2.67. The molecule has 2 aromatic rings. The molecule has 6 nitrogen and oxygen atoms in total. The molecule has 0 saturated carbocycles. The molecule has 19 heavy (non-hydrogen) atoms. The van der Waals surface area contributed by atoms with E-state index in [0.29, 0.717) is 5.82 Å². The molecular weight excluding hydrogens is 246 g/mol. The summed E-state index contributed by atoms with van der Waals surface area (Å²) in [7, 11) is 1.31. The van der Waals surface area contributed by atoms with Crippen molar-refractivity contribution < 1.29 is 13.9 Å². The molecule has 0 amide bonds. The molecule has 2 heterocycles. The topological polar surface area (TPSA) is 90.4 Å². The molecule has 0 radical (unpaired) electrons. The Bertz CT molecular complexity index is 567. The van der Waals surface area contributed by atoms with Gasteiger partial charge in [0.15, 0.2) is 0 Å². The summed E-state index contributed by atoms with van der Waals surface area (Å²) in [4.78, 5) is 15.6. The van der Waals surface area contributed by atoms with E-state index in [1.54, 1.807) is 12.3 Å². The first-order chi connectivity index (χ1) is 9.11. The first kappa shape index (κ1) is 12.9. The molecule has 100 valence electrons. The number of furan rings is 1. The number of ether oxygens (including phenoxy) is 1. The van der Waals surface area contributed by atoms with E-state index in [9.17, 15) is 4.79 Å². The number of anilines is 2. The van der Waals surface area contributed by atoms with Crippen molar-refractivity contribution >= 4 is 17.5 Å². The Labute approximate surface area is 110 Å². The highest BCUT2D eigenvalue weighted by atomic mass is 16.5. The van der Waals surface area contributed by atoms with E-state index in [4.69, 9.17) is 10.2 Å². The normalized spacial score (nSPS) is 11.9. The van der Waals surface area contributed by atoms with Crippen LogP contribution in [0.2, 0.25) is 0 Å². The van der Waals surface area contributed by atoms with Crippen LogP contribution >= 0.6 is 0 Å². The molecule has 0 fully saturated rings. The van der Waals surface area contributed by atoms with Gasteiger partial charge in [-0.1, -0.05) is 0 Å². The maximum Gasteiger partial charge on any atom is 0.340 e. The second-order valence-corrected chi connectivity index (χ2v) is 4.03. The molecule has 3 N–H and O–H groups in total. The van der Waals surface area contributed by atoms with Crippen LogP contribution < -0.4 is 11.1 Å². The Morgan fingerprint density at radius 2 is 2.37 bits per heavy atom. The lowest BCUT2D eigenvalue weighted by Gasteiger charge is -2.13. The number of nitrogens with zero attached hydrogens (tertiary/aromatic N) is 1. The number of methoxy groups -OCH3 is 1. The third kappa shape index (κ3) is 2.85. The van der Waals surface area contributed by atoms with Crippen molar-refractivity contribution in [2.24, 2.45) is 0 Å². The molecule has 2 aromatic heterocycles. The summed E-state index contributed by atoms with van der Waals surface area (Å²) in [6.45, 7) is 1.93. The highest BCUT2D eigenvalue weighted by Crippen LogP contribution is 2.21. The van der Waals surface area contributed by atoms with Crippen LogP contribution in [0.15, 0.2) is 35.1 Å². The maximum absolute atomic E-state index is 11.5. The van der Waals surface area contributed by atoms with Crippen LogP contribution in [0.4, 0.5) is 11.5 Å². The number of hydrogen-bond acceptors (Lipinski definition) is 6. The molecule has 0 aliphatic rings. The number of nitrogens with one attached hydrogen (secondary N) is 1. The number of pyridine rings is 1. The number of esters is 1. The molecule has 0 aromatic carbocycles. The fourth-order valence-electron chi connectivity index (χ4n) is 1.66. The van der Waals surface area contributed by atoms with Gasteiger partial charge >= 0.3 is 5.97 Å². The van der Waals surface area contributed by atoms with Crippen LogP contribution in [0.1, 0.15) is 29.1 Å². The van der Waals surface area contributed by atoms with Crippen molar-refractivity contribution in [2.75, 3.05) is 18.2 Å². The van der Waals surface area contributed by atoms with E-state index in [0.717, 1.165) is 5.76 Å². The van der Waals surface area contributed by atoms with Crippen molar-refractivity contribution in [2.45, 2.75) is 13.0 Å². The highest BCUT2D eigenvalue weighted by molar-refractivity contribution is 5.95. The average Bonchev–Trinajstić information content (AvgIpc) is 2.94. The number of rotatable bonds is 4. The van der Waals surface area contributed by atoms with E-state index in [1.165, 1.54) is 13.3 Å². The van der Waals surface area contributed by atoms with E-state index < -0.39 is 5.97 Å². The number of hydrogen-bond donors (Lipinski definition) is 2. The minimum atomic E-state index is -0.492. The van der Waals surface area contributed by atoms with Crippen LogP contribution in [0.25, 0.3) is 0 Å². The summed E-state index contributed by atoms with van der Waals surface area (Å²) in [6, 6.07) is 5.15. The Morgan fingerprint density at radius 3 is 3.00 bits per heavy atom. The fraction of sp³-hybridized carbons (Fsp3) is 0.231. The average molecular weight is 261 g/mol. The molecule has 6 heteroatoms. The van der Waals surface area contributed by atoms with E-state index in [2.05, 4.69) is 15.0 Å². The van der Waals surface area contributed by atoms with Gasteiger partial charge in [-0.3, -0.25) is 0 Å². The van der Waals surface area contributed by atoms with Gasteiger partial charge in [-0.2, -0.15) is 0 Å². The zero-order chi connectivity index (χ0) is 13.8. The van der Waals surface area contributed by atoms with Crippen LogP contribution in [-0.2, 0) is 4.74 Å². The summed E-state index contributed by atoms with van der Waals surface area (Å²) in [6.07, 6.45) is 3.02. The van der Waals surface area contributed by atoms with Crippen LogP contribution in [0.3, 0.4) is 0 Å². The molecule has 2 rings (SSSR count). The van der Waals surface area contributed by atoms with Gasteiger partial charge in [0.2, 0.25) is 0 Å². The van der Waals surface area contributed by atoms with Gasteiger partial charge in [-0.15, -0.1) is 0 Å². The first-order valence-electron chi connectivity index (χ1n) is 5.75. The molecule has 1 atom stereocenters. The molecule has 1 unspecified atom stereocenters. The van der Waals surface area contributed by atoms with Crippen molar-refractivity contribution in [3.8, 4) is 0 Å². The summed E-state index contributed by atoms with van der Waals surface area (Å²) in [5.74, 6) is 0.811. The minimum absolute atomic E-state index is 0.0726. The number of aromatic nitrogens is 1. The van der Waals surface area contributed by atoms with Crippen molar-refractivity contribution in [1.29, 1.82) is 0 Å². The number of carbonyl (C=O) groups excluding carboxylic acids is 1. The lowest BCUT2D eigenvalue weighted by atomic mass is 10.2. The molecule has 0 spiro atoms. The standard InChI is InChI=1S/C13H15N3O3/c1-8(11-4-3-5-19-11)16-12-6-9(13(17)18-2)10(14)7-15-12/h3-8H,14H2,1-2H3,(H,15,16). The summed E-state index contributed by atoms with van der Waals surface area (Å²) in [5, 5.41) is 3.12. The number of nitrogens with two attached hydrogens (primary N) is 1. The van der Waals surface area contributed by atoms with Gasteiger partial charge in [0, 0.05) is 0 Å². The van der Waals surface area contributed by atoms with Gasteiger partial charge in [-0.25, -0.2) is 9.78 Å². The molecule has 0 aliphatic carbocycles. The lowest BCUT2D eigenvalue weighted by Crippen LogP contribution is -2.11. The maximum atomic E-state index is 11.5. The van der Waals surface area contributed by atoms with Gasteiger partial charge < -0.3 is 20.2 Å². The summed E-state index contributed by atoms with van der Waals surface area (Å²) >= 11 is 0. The molecular formula is C13H15N3O3. The zero-order valence-corrected chi connectivity index (χ0v) is 10.7. The van der Waals surface area contributed by atoms with E-state index >= 15 is 0 Å². The Kier molecular flexibility index (Phi) is 3.70. The smallest absolute Gasteiger partial charge is 0.340 e. The Balaban J connectivity index is 2.19. The van der Waals surface area contributed by atoms with Crippen molar-refractivity contribution in [1.82, 2.24) is 4.98 Å². The van der Waals surface area contributed by atoms with Gasteiger partial charge in [-0.05, 0) is 25.1 Å². The first-order valence-corrected chi connectivity index (χ1v) is 5.75. The highest BCUT2D eigenvalue weighted by Gasteiger charge is 2.14. The zero-order valence-electron chi connectivity index (χ0n) is 10.7. The minimum Gasteiger partial charge on any atom is -0.467 e. The Morgan fingerprint density at radius 1 is 1.58 bits per heavy atom. The summed E-state index contributed by atoms with van der Waals surface area (Å²) < 4.78 is 9.94. The number of carbonyl (C=O) groups is 1. The Hall–Kier alpha value is -2.50. The van der Waals surface area contributed by atoms with Crippen molar-refractivity contribution in [3.05, 3.63) is 42.0 Å². The SMILES string of the molecule is COC(=O)c1cc(NC(C)c2ccco2)ncc1N. The second-order valence-electron chi connectivity index (χ2n) is 4.03. The van der Waals surface area contributed by atoms with Crippen LogP contribution in [0, 0.1) is 0 Å². The lowest BCUT2D eigenvalue weighted by molar-refractivity contribution is 0.0602. The quantitative estimate of drug-likeness (QED) is 0.820. The van der Waals surface area contributed by atoms with Gasteiger partial charge in [0.1, 0.15) is 11.6 Å². The van der Waals surface area contributed by atoms with Crippen LogP contribution in [0.5, 0.6) is 0 Å². The molecule has 0 bridgehead atoms. The van der Waals surface area contributed by atoms with Crippen molar-refractivity contribution in [3.63, 3.8) is 0 Å². The monoisotopic (exact) mass is 261 g/mol. The second kappa shape index (κ2) is 5.43. The van der Waals surface area contributed by atoms with Crippen LogP contribution in [-0.4, -0.2) is 18.1 Å². The van der Waals surface area contributed by atoms with Gasteiger partial charge in [0.05, 0.1) is 36.9 Å². The predicted octanol–water partition coefficient (Wildman–Crippen LogP) is 2.22. The summed E-state index contributed by atoms with van der Waals surface area (Å²) in [5.41, 5.74) is 6.25. The largest absolute Gasteiger partial charge is 0.467 e. The van der Waals surface area contributed by atoms with Gasteiger partial charge in [0.25, 0.3) is 0 Å². The predicted molar refractivity (Wildman–Crippen MR) is 70.7 cm³/mol. The van der Waals surface area contributed by atoms with E-state index in [1.807, 2.05) is 19.1 Å². The van der Waals surface area contributed by atoms with E-state index in [-0.39, 0.29) is 17.3 Å². The number of nitrogen functional groups attached to an aromatic ring is 1. The third-order valence-corrected chi connectivity index (χ3v) is 2.67. The fourth-order valence-corrected chi connectivity index (χ4v) is 1.66. The molecule has 0 aliphatic heterocycles. The molecule has 0 saturated heterocycles.